The summed E-state index contributed by atoms with van der Waals surface area (Å²) in [4.78, 5) is 4.15. The molecular formula is C10H13ClN2. The van der Waals surface area contributed by atoms with Gasteiger partial charge in [0.25, 0.3) is 0 Å². The van der Waals surface area contributed by atoms with Gasteiger partial charge in [0.1, 0.15) is 11.0 Å². The molecule has 1 heterocycles. The van der Waals surface area contributed by atoms with Gasteiger partial charge < -0.3 is 5.32 Å². The van der Waals surface area contributed by atoms with Gasteiger partial charge in [-0.3, -0.25) is 0 Å². The van der Waals surface area contributed by atoms with Crippen LogP contribution in [0.1, 0.15) is 13.3 Å². The molecule has 0 aliphatic heterocycles. The molecule has 2 nitrogen and oxygen atoms in total. The fraction of sp³-hybridized carbons (Fsp3) is 0.500. The van der Waals surface area contributed by atoms with Crippen molar-refractivity contribution >= 4 is 17.4 Å². The number of hydrogen-bond acceptors (Lipinski definition) is 2. The van der Waals surface area contributed by atoms with Gasteiger partial charge in [-0.25, -0.2) is 4.98 Å². The van der Waals surface area contributed by atoms with E-state index in [9.17, 15) is 0 Å². The van der Waals surface area contributed by atoms with Crippen molar-refractivity contribution in [3.05, 3.63) is 23.4 Å². The summed E-state index contributed by atoms with van der Waals surface area (Å²) in [7, 11) is 0. The molecule has 2 rings (SSSR count). The topological polar surface area (TPSA) is 24.9 Å². The molecule has 0 amide bonds. The normalized spacial score (nSPS) is 25.7. The summed E-state index contributed by atoms with van der Waals surface area (Å²) in [5, 5.41) is 3.83. The Labute approximate surface area is 83.3 Å². The summed E-state index contributed by atoms with van der Waals surface area (Å²) in [6, 6.07) is 5.64. The number of nitrogens with zero attached hydrogens (tertiary/aromatic N) is 1. The van der Waals surface area contributed by atoms with Gasteiger partial charge in [0.2, 0.25) is 0 Å². The minimum atomic E-state index is 0.550. The third-order valence-electron chi connectivity index (χ3n) is 2.54. The van der Waals surface area contributed by atoms with Crippen molar-refractivity contribution < 1.29 is 0 Å². The third kappa shape index (κ3) is 2.34. The van der Waals surface area contributed by atoms with Crippen LogP contribution >= 0.6 is 11.6 Å². The number of aromatic nitrogens is 1. The Morgan fingerprint density at radius 2 is 2.38 bits per heavy atom. The Kier molecular flexibility index (Phi) is 2.40. The molecular weight excluding hydrogens is 184 g/mol. The van der Waals surface area contributed by atoms with Crippen LogP contribution in [0.2, 0.25) is 5.15 Å². The molecule has 3 heteroatoms. The highest BCUT2D eigenvalue weighted by molar-refractivity contribution is 6.29. The number of pyridine rings is 1. The van der Waals surface area contributed by atoms with E-state index in [4.69, 9.17) is 11.6 Å². The molecule has 2 unspecified atom stereocenters. The molecule has 0 bridgehead atoms. The van der Waals surface area contributed by atoms with Crippen LogP contribution in [0.15, 0.2) is 18.2 Å². The molecule has 2 atom stereocenters. The van der Waals surface area contributed by atoms with Crippen LogP contribution in [0, 0.1) is 11.8 Å². The zero-order valence-corrected chi connectivity index (χ0v) is 8.38. The largest absolute Gasteiger partial charge is 0.370 e. The fourth-order valence-electron chi connectivity index (χ4n) is 1.43. The van der Waals surface area contributed by atoms with E-state index in [0.29, 0.717) is 5.15 Å². The molecule has 1 aromatic rings. The molecule has 1 aliphatic rings. The van der Waals surface area contributed by atoms with Crippen LogP contribution in [0.3, 0.4) is 0 Å². The lowest BCUT2D eigenvalue weighted by Crippen LogP contribution is -2.05. The molecule has 0 spiro atoms. The van der Waals surface area contributed by atoms with E-state index >= 15 is 0 Å². The zero-order valence-electron chi connectivity index (χ0n) is 7.63. The smallest absolute Gasteiger partial charge is 0.131 e. The monoisotopic (exact) mass is 196 g/mol. The van der Waals surface area contributed by atoms with E-state index in [2.05, 4.69) is 17.2 Å². The number of nitrogens with one attached hydrogen (secondary N) is 1. The first-order chi connectivity index (χ1) is 6.25. The summed E-state index contributed by atoms with van der Waals surface area (Å²) in [6.45, 7) is 3.30. The Morgan fingerprint density at radius 3 is 3.00 bits per heavy atom. The van der Waals surface area contributed by atoms with Gasteiger partial charge >= 0.3 is 0 Å². The SMILES string of the molecule is CC1CC1CNc1cccc(Cl)n1. The summed E-state index contributed by atoms with van der Waals surface area (Å²) in [6.07, 6.45) is 1.34. The summed E-state index contributed by atoms with van der Waals surface area (Å²) >= 11 is 5.75. The Morgan fingerprint density at radius 1 is 1.62 bits per heavy atom. The molecule has 0 saturated heterocycles. The third-order valence-corrected chi connectivity index (χ3v) is 2.75. The molecule has 1 saturated carbocycles. The first-order valence-corrected chi connectivity index (χ1v) is 5.00. The zero-order chi connectivity index (χ0) is 9.26. The number of halogens is 1. The number of hydrogen-bond donors (Lipinski definition) is 1. The second-order valence-corrected chi connectivity index (χ2v) is 4.09. The van der Waals surface area contributed by atoms with Gasteiger partial charge in [0, 0.05) is 6.54 Å². The average molecular weight is 197 g/mol. The maximum absolute atomic E-state index is 5.75. The predicted molar refractivity (Wildman–Crippen MR) is 55.0 cm³/mol. The quantitative estimate of drug-likeness (QED) is 0.753. The number of anilines is 1. The van der Waals surface area contributed by atoms with E-state index < -0.39 is 0 Å². The standard InChI is InChI=1S/C10H13ClN2/c1-7-5-8(7)6-12-10-4-2-3-9(11)13-10/h2-4,7-8H,5-6H2,1H3,(H,12,13). The van der Waals surface area contributed by atoms with Crippen LogP contribution in [-0.4, -0.2) is 11.5 Å². The summed E-state index contributed by atoms with van der Waals surface area (Å²) < 4.78 is 0. The second-order valence-electron chi connectivity index (χ2n) is 3.70. The highest BCUT2D eigenvalue weighted by Crippen LogP contribution is 2.37. The molecule has 13 heavy (non-hydrogen) atoms. The minimum absolute atomic E-state index is 0.550. The van der Waals surface area contributed by atoms with Crippen molar-refractivity contribution in [1.82, 2.24) is 4.98 Å². The van der Waals surface area contributed by atoms with Crippen LogP contribution < -0.4 is 5.32 Å². The fourth-order valence-corrected chi connectivity index (χ4v) is 1.59. The van der Waals surface area contributed by atoms with Crippen molar-refractivity contribution in [2.45, 2.75) is 13.3 Å². The van der Waals surface area contributed by atoms with Gasteiger partial charge in [-0.05, 0) is 30.4 Å². The maximum Gasteiger partial charge on any atom is 0.131 e. The van der Waals surface area contributed by atoms with E-state index in [-0.39, 0.29) is 0 Å². The first kappa shape index (κ1) is 8.82. The molecule has 1 N–H and O–H groups in total. The van der Waals surface area contributed by atoms with Crippen LogP contribution in [0.4, 0.5) is 5.82 Å². The average Bonchev–Trinajstić information content (AvgIpc) is 2.79. The van der Waals surface area contributed by atoms with Gasteiger partial charge in [-0.1, -0.05) is 24.6 Å². The van der Waals surface area contributed by atoms with E-state index in [0.717, 1.165) is 24.2 Å². The van der Waals surface area contributed by atoms with Gasteiger partial charge in [-0.2, -0.15) is 0 Å². The van der Waals surface area contributed by atoms with Gasteiger partial charge in [0.05, 0.1) is 0 Å². The molecule has 0 aromatic carbocycles. The van der Waals surface area contributed by atoms with Crippen molar-refractivity contribution in [3.8, 4) is 0 Å². The van der Waals surface area contributed by atoms with Crippen LogP contribution in [0.25, 0.3) is 0 Å². The van der Waals surface area contributed by atoms with Crippen LogP contribution in [-0.2, 0) is 0 Å². The van der Waals surface area contributed by atoms with E-state index in [1.807, 2.05) is 12.1 Å². The highest BCUT2D eigenvalue weighted by Gasteiger charge is 2.31. The van der Waals surface area contributed by atoms with E-state index in [1.54, 1.807) is 6.07 Å². The van der Waals surface area contributed by atoms with Crippen molar-refractivity contribution in [3.63, 3.8) is 0 Å². The Bertz CT molecular complexity index is 301. The van der Waals surface area contributed by atoms with Crippen LogP contribution in [0.5, 0.6) is 0 Å². The maximum atomic E-state index is 5.75. The molecule has 0 radical (unpaired) electrons. The molecule has 1 aliphatic carbocycles. The highest BCUT2D eigenvalue weighted by atomic mass is 35.5. The first-order valence-electron chi connectivity index (χ1n) is 4.62. The van der Waals surface area contributed by atoms with Gasteiger partial charge in [-0.15, -0.1) is 0 Å². The Hall–Kier alpha value is -0.760. The van der Waals surface area contributed by atoms with Crippen molar-refractivity contribution in [1.29, 1.82) is 0 Å². The van der Waals surface area contributed by atoms with Crippen molar-refractivity contribution in [2.75, 3.05) is 11.9 Å². The lowest BCUT2D eigenvalue weighted by Gasteiger charge is -2.03. The van der Waals surface area contributed by atoms with Gasteiger partial charge in [0.15, 0.2) is 0 Å². The Balaban J connectivity index is 1.87. The summed E-state index contributed by atoms with van der Waals surface area (Å²) in [5.74, 6) is 2.60. The lowest BCUT2D eigenvalue weighted by molar-refractivity contribution is 0.784. The van der Waals surface area contributed by atoms with Crippen molar-refractivity contribution in [2.24, 2.45) is 11.8 Å². The molecule has 1 fully saturated rings. The molecule has 1 aromatic heterocycles. The summed E-state index contributed by atoms with van der Waals surface area (Å²) in [5.41, 5.74) is 0. The van der Waals surface area contributed by atoms with E-state index in [1.165, 1.54) is 6.42 Å². The molecule has 70 valence electrons. The second kappa shape index (κ2) is 3.54. The number of rotatable bonds is 3. The lowest BCUT2D eigenvalue weighted by atomic mass is 10.3. The predicted octanol–water partition coefficient (Wildman–Crippen LogP) is 2.80. The minimum Gasteiger partial charge on any atom is -0.370 e.